The summed E-state index contributed by atoms with van der Waals surface area (Å²) in [6.45, 7) is 8.40. The van der Waals surface area contributed by atoms with Crippen LogP contribution in [0.5, 0.6) is 0 Å². The number of hydrogen-bond acceptors (Lipinski definition) is 4. The first-order valence-corrected chi connectivity index (χ1v) is 10.1. The van der Waals surface area contributed by atoms with E-state index in [0.717, 1.165) is 31.3 Å². The first-order chi connectivity index (χ1) is 13.8. The topological polar surface area (TPSA) is 52.6 Å². The number of rotatable bonds is 11. The molecule has 0 heterocycles. The van der Waals surface area contributed by atoms with Crippen LogP contribution in [0, 0.1) is 0 Å². The van der Waals surface area contributed by atoms with Gasteiger partial charge in [0.1, 0.15) is 0 Å². The highest BCUT2D eigenvalue weighted by Crippen LogP contribution is 2.20. The lowest BCUT2D eigenvalue weighted by molar-refractivity contribution is -0.166. The molecule has 1 aromatic carbocycles. The van der Waals surface area contributed by atoms with Gasteiger partial charge in [0.05, 0.1) is 13.5 Å². The summed E-state index contributed by atoms with van der Waals surface area (Å²) < 4.78 is 10.1. The van der Waals surface area contributed by atoms with Crippen molar-refractivity contribution in [1.82, 2.24) is 0 Å². The van der Waals surface area contributed by atoms with Gasteiger partial charge in [-0.15, -0.1) is 0 Å². The SMILES string of the molecule is COC(=O)[C@@H](OC(=O)C/C=C(\C)CC/C=C(\C)CCC=C(C)C)c1ccccc1. The number of esters is 2. The van der Waals surface area contributed by atoms with Crippen LogP contribution in [-0.4, -0.2) is 19.0 Å². The Kier molecular flexibility index (Phi) is 11.4. The Morgan fingerprint density at radius 2 is 1.48 bits per heavy atom. The van der Waals surface area contributed by atoms with E-state index in [4.69, 9.17) is 9.47 Å². The number of carbonyl (C=O) groups excluding carboxylic acids is 2. The molecule has 0 fully saturated rings. The minimum absolute atomic E-state index is 0.134. The quantitative estimate of drug-likeness (QED) is 0.326. The maximum atomic E-state index is 12.2. The molecule has 0 saturated heterocycles. The Bertz CT molecular complexity index is 737. The Hall–Kier alpha value is -2.62. The minimum atomic E-state index is -1.03. The van der Waals surface area contributed by atoms with E-state index >= 15 is 0 Å². The maximum Gasteiger partial charge on any atom is 0.351 e. The monoisotopic (exact) mass is 398 g/mol. The van der Waals surface area contributed by atoms with Crippen molar-refractivity contribution >= 4 is 11.9 Å². The predicted molar refractivity (Wildman–Crippen MR) is 117 cm³/mol. The fourth-order valence-electron chi connectivity index (χ4n) is 2.76. The van der Waals surface area contributed by atoms with Crippen LogP contribution in [0.1, 0.15) is 71.5 Å². The molecule has 4 nitrogen and oxygen atoms in total. The van der Waals surface area contributed by atoms with Gasteiger partial charge >= 0.3 is 11.9 Å². The highest BCUT2D eigenvalue weighted by Gasteiger charge is 2.25. The maximum absolute atomic E-state index is 12.2. The Morgan fingerprint density at radius 1 is 0.897 bits per heavy atom. The first-order valence-electron chi connectivity index (χ1n) is 10.1. The lowest BCUT2D eigenvalue weighted by atomic mass is 10.1. The summed E-state index contributed by atoms with van der Waals surface area (Å²) in [5.41, 5.74) is 4.47. The molecule has 4 heteroatoms. The van der Waals surface area contributed by atoms with Crippen molar-refractivity contribution < 1.29 is 19.1 Å². The van der Waals surface area contributed by atoms with Gasteiger partial charge < -0.3 is 9.47 Å². The zero-order valence-corrected chi connectivity index (χ0v) is 18.4. The van der Waals surface area contributed by atoms with E-state index in [1.54, 1.807) is 24.3 Å². The molecule has 0 amide bonds. The van der Waals surface area contributed by atoms with Crippen LogP contribution in [0.2, 0.25) is 0 Å². The zero-order valence-electron chi connectivity index (χ0n) is 18.4. The van der Waals surface area contributed by atoms with E-state index in [-0.39, 0.29) is 6.42 Å². The third-order valence-corrected chi connectivity index (χ3v) is 4.51. The average Bonchev–Trinajstić information content (AvgIpc) is 2.70. The molecule has 0 aliphatic heterocycles. The number of ether oxygens (including phenoxy) is 2. The van der Waals surface area contributed by atoms with Crippen molar-refractivity contribution in [3.05, 3.63) is 70.8 Å². The van der Waals surface area contributed by atoms with Crippen molar-refractivity contribution in [1.29, 1.82) is 0 Å². The fourth-order valence-corrected chi connectivity index (χ4v) is 2.76. The first kappa shape index (κ1) is 24.4. The van der Waals surface area contributed by atoms with E-state index in [1.165, 1.54) is 18.3 Å². The van der Waals surface area contributed by atoms with Crippen LogP contribution < -0.4 is 0 Å². The number of allylic oxidation sites excluding steroid dienone is 5. The van der Waals surface area contributed by atoms with Crippen LogP contribution in [0.4, 0.5) is 0 Å². The summed E-state index contributed by atoms with van der Waals surface area (Å²) in [5, 5.41) is 0. The van der Waals surface area contributed by atoms with E-state index in [2.05, 4.69) is 32.9 Å². The molecule has 0 radical (unpaired) electrons. The molecular weight excluding hydrogens is 364 g/mol. The van der Waals surface area contributed by atoms with E-state index < -0.39 is 18.0 Å². The summed E-state index contributed by atoms with van der Waals surface area (Å²) >= 11 is 0. The third kappa shape index (κ3) is 10.5. The number of benzene rings is 1. The molecule has 0 unspecified atom stereocenters. The highest BCUT2D eigenvalue weighted by molar-refractivity contribution is 5.81. The third-order valence-electron chi connectivity index (χ3n) is 4.51. The van der Waals surface area contributed by atoms with Gasteiger partial charge in [-0.3, -0.25) is 4.79 Å². The second-order valence-corrected chi connectivity index (χ2v) is 7.47. The van der Waals surface area contributed by atoms with Crippen LogP contribution in [-0.2, 0) is 19.1 Å². The van der Waals surface area contributed by atoms with Gasteiger partial charge in [0.2, 0.25) is 6.10 Å². The van der Waals surface area contributed by atoms with Gasteiger partial charge in [0.25, 0.3) is 0 Å². The summed E-state index contributed by atoms with van der Waals surface area (Å²) in [6, 6.07) is 8.89. The molecule has 1 atom stereocenters. The van der Waals surface area contributed by atoms with Gasteiger partial charge in [0, 0.05) is 5.56 Å². The fraction of sp³-hybridized carbons (Fsp3) is 0.440. The number of methoxy groups -OCH3 is 1. The second-order valence-electron chi connectivity index (χ2n) is 7.47. The standard InChI is InChI=1S/C25H34O4/c1-19(2)11-9-12-20(3)13-10-14-21(4)17-18-23(26)29-24(25(27)28-5)22-15-7-6-8-16-22/h6-8,11,13,15-17,24H,9-10,12,14,18H2,1-5H3/b20-13+,21-17+/t24-/m0/s1. The van der Waals surface area contributed by atoms with Crippen molar-refractivity contribution in [3.63, 3.8) is 0 Å². The molecule has 0 spiro atoms. The summed E-state index contributed by atoms with van der Waals surface area (Å²) in [6.07, 6.45) is 9.49. The van der Waals surface area contributed by atoms with E-state index in [9.17, 15) is 9.59 Å². The largest absolute Gasteiger partial charge is 0.466 e. The van der Waals surface area contributed by atoms with Crippen molar-refractivity contribution in [2.24, 2.45) is 0 Å². The molecule has 158 valence electrons. The van der Waals surface area contributed by atoms with Crippen LogP contribution in [0.3, 0.4) is 0 Å². The lowest BCUT2D eigenvalue weighted by Crippen LogP contribution is -2.20. The molecular formula is C25H34O4. The number of carbonyl (C=O) groups is 2. The summed E-state index contributed by atoms with van der Waals surface area (Å²) in [7, 11) is 1.28. The summed E-state index contributed by atoms with van der Waals surface area (Å²) in [5.74, 6) is -1.03. The normalized spacial score (nSPS) is 12.9. The van der Waals surface area contributed by atoms with Crippen molar-refractivity contribution in [2.75, 3.05) is 7.11 Å². The van der Waals surface area contributed by atoms with Crippen LogP contribution in [0.15, 0.2) is 65.3 Å². The number of hydrogen-bond donors (Lipinski definition) is 0. The molecule has 0 N–H and O–H groups in total. The molecule has 0 aliphatic carbocycles. The molecule has 29 heavy (non-hydrogen) atoms. The molecule has 1 rings (SSSR count). The Labute approximate surface area is 175 Å². The Morgan fingerprint density at radius 3 is 2.07 bits per heavy atom. The molecule has 1 aromatic rings. The van der Waals surface area contributed by atoms with Crippen LogP contribution >= 0.6 is 0 Å². The lowest BCUT2D eigenvalue weighted by Gasteiger charge is -2.15. The van der Waals surface area contributed by atoms with Gasteiger partial charge in [-0.05, 0) is 53.4 Å². The molecule has 0 saturated carbocycles. The summed E-state index contributed by atoms with van der Waals surface area (Å²) in [4.78, 5) is 24.2. The average molecular weight is 399 g/mol. The van der Waals surface area contributed by atoms with Crippen molar-refractivity contribution in [3.8, 4) is 0 Å². The minimum Gasteiger partial charge on any atom is -0.466 e. The Balaban J connectivity index is 2.51. The molecule has 0 bridgehead atoms. The van der Waals surface area contributed by atoms with E-state index in [0.29, 0.717) is 5.56 Å². The van der Waals surface area contributed by atoms with Crippen LogP contribution in [0.25, 0.3) is 0 Å². The van der Waals surface area contributed by atoms with Gasteiger partial charge in [0.15, 0.2) is 0 Å². The predicted octanol–water partition coefficient (Wildman–Crippen LogP) is 6.25. The van der Waals surface area contributed by atoms with Gasteiger partial charge in [-0.2, -0.15) is 0 Å². The smallest absolute Gasteiger partial charge is 0.351 e. The molecule has 0 aromatic heterocycles. The second kappa shape index (κ2) is 13.5. The van der Waals surface area contributed by atoms with E-state index in [1.807, 2.05) is 19.1 Å². The van der Waals surface area contributed by atoms with Crippen molar-refractivity contribution in [2.45, 2.75) is 65.9 Å². The molecule has 0 aliphatic rings. The van der Waals surface area contributed by atoms with Gasteiger partial charge in [-0.1, -0.05) is 65.3 Å². The highest BCUT2D eigenvalue weighted by atomic mass is 16.6. The van der Waals surface area contributed by atoms with Gasteiger partial charge in [-0.25, -0.2) is 4.79 Å². The zero-order chi connectivity index (χ0) is 21.6.